The van der Waals surface area contributed by atoms with E-state index in [4.69, 9.17) is 9.47 Å². The molecular weight excluding hydrogens is 184 g/mol. The van der Waals surface area contributed by atoms with E-state index in [0.717, 1.165) is 0 Å². The van der Waals surface area contributed by atoms with Crippen LogP contribution in [0.2, 0.25) is 0 Å². The van der Waals surface area contributed by atoms with Crippen LogP contribution in [0.3, 0.4) is 0 Å². The van der Waals surface area contributed by atoms with Gasteiger partial charge in [-0.3, -0.25) is 9.59 Å². The Balaban J connectivity index is 4.09. The molecule has 0 aliphatic heterocycles. The van der Waals surface area contributed by atoms with Crippen LogP contribution < -0.4 is 0 Å². The molecule has 0 aliphatic rings. The second-order valence-electron chi connectivity index (χ2n) is 2.98. The molecule has 0 amide bonds. The fraction of sp³-hybridized carbons (Fsp3) is 0.600. The van der Waals surface area contributed by atoms with E-state index in [1.165, 1.54) is 6.92 Å². The SMILES string of the molecule is C=C(C)C(COC(C)=O)OC(=O)CC. The highest BCUT2D eigenvalue weighted by molar-refractivity contribution is 5.69. The summed E-state index contributed by atoms with van der Waals surface area (Å²) < 4.78 is 9.73. The summed E-state index contributed by atoms with van der Waals surface area (Å²) in [4.78, 5) is 21.5. The molecule has 14 heavy (non-hydrogen) atoms. The van der Waals surface area contributed by atoms with Crippen LogP contribution in [0.15, 0.2) is 12.2 Å². The van der Waals surface area contributed by atoms with Crippen molar-refractivity contribution in [2.24, 2.45) is 0 Å². The van der Waals surface area contributed by atoms with Crippen LogP contribution in [0.5, 0.6) is 0 Å². The van der Waals surface area contributed by atoms with Crippen molar-refractivity contribution in [3.63, 3.8) is 0 Å². The van der Waals surface area contributed by atoms with E-state index >= 15 is 0 Å². The molecule has 0 saturated heterocycles. The maximum atomic E-state index is 11.0. The second-order valence-corrected chi connectivity index (χ2v) is 2.98. The molecule has 1 atom stereocenters. The molecule has 0 bridgehead atoms. The Morgan fingerprint density at radius 2 is 1.93 bits per heavy atom. The number of hydrogen-bond donors (Lipinski definition) is 0. The Bertz CT molecular complexity index is 232. The van der Waals surface area contributed by atoms with E-state index in [1.54, 1.807) is 13.8 Å². The quantitative estimate of drug-likeness (QED) is 0.498. The number of carbonyl (C=O) groups is 2. The number of esters is 2. The first-order valence-corrected chi connectivity index (χ1v) is 4.45. The minimum Gasteiger partial charge on any atom is -0.462 e. The van der Waals surface area contributed by atoms with Gasteiger partial charge in [0.15, 0.2) is 6.10 Å². The van der Waals surface area contributed by atoms with Gasteiger partial charge < -0.3 is 9.47 Å². The normalized spacial score (nSPS) is 11.6. The summed E-state index contributed by atoms with van der Waals surface area (Å²) >= 11 is 0. The molecule has 80 valence electrons. The lowest BCUT2D eigenvalue weighted by molar-refractivity contribution is -0.155. The lowest BCUT2D eigenvalue weighted by Gasteiger charge is -2.16. The van der Waals surface area contributed by atoms with Crippen LogP contribution in [0.1, 0.15) is 27.2 Å². The third-order valence-corrected chi connectivity index (χ3v) is 1.55. The number of hydrogen-bond acceptors (Lipinski definition) is 4. The van der Waals surface area contributed by atoms with Crippen LogP contribution >= 0.6 is 0 Å². The Hall–Kier alpha value is -1.32. The van der Waals surface area contributed by atoms with Crippen molar-refractivity contribution in [1.82, 2.24) is 0 Å². The molecule has 1 unspecified atom stereocenters. The van der Waals surface area contributed by atoms with Gasteiger partial charge in [-0.1, -0.05) is 13.5 Å². The highest BCUT2D eigenvalue weighted by Crippen LogP contribution is 2.06. The van der Waals surface area contributed by atoms with Crippen LogP contribution in [0, 0.1) is 0 Å². The van der Waals surface area contributed by atoms with Gasteiger partial charge in [-0.15, -0.1) is 0 Å². The summed E-state index contributed by atoms with van der Waals surface area (Å²) in [6.45, 7) is 8.41. The highest BCUT2D eigenvalue weighted by Gasteiger charge is 2.15. The summed E-state index contributed by atoms with van der Waals surface area (Å²) in [5, 5.41) is 0. The Morgan fingerprint density at radius 1 is 1.36 bits per heavy atom. The largest absolute Gasteiger partial charge is 0.462 e. The molecule has 0 aromatic carbocycles. The molecular formula is C10H16O4. The summed E-state index contributed by atoms with van der Waals surface area (Å²) in [6, 6.07) is 0. The highest BCUT2D eigenvalue weighted by atomic mass is 16.6. The smallest absolute Gasteiger partial charge is 0.306 e. The first kappa shape index (κ1) is 12.7. The summed E-state index contributed by atoms with van der Waals surface area (Å²) in [7, 11) is 0. The van der Waals surface area contributed by atoms with Gasteiger partial charge in [0.05, 0.1) is 0 Å². The molecule has 0 heterocycles. The second kappa shape index (κ2) is 6.18. The molecule has 0 aliphatic carbocycles. The predicted molar refractivity (Wildman–Crippen MR) is 51.6 cm³/mol. The monoisotopic (exact) mass is 200 g/mol. The van der Waals surface area contributed by atoms with Gasteiger partial charge >= 0.3 is 11.9 Å². The van der Waals surface area contributed by atoms with Gasteiger partial charge in [-0.05, 0) is 12.5 Å². The molecule has 0 aromatic rings. The summed E-state index contributed by atoms with van der Waals surface area (Å²) in [5.41, 5.74) is 0.660. The van der Waals surface area contributed by atoms with Crippen molar-refractivity contribution in [2.45, 2.75) is 33.3 Å². The summed E-state index contributed by atoms with van der Waals surface area (Å²) in [5.74, 6) is -0.728. The van der Waals surface area contributed by atoms with Gasteiger partial charge in [0.25, 0.3) is 0 Å². The molecule has 0 fully saturated rings. The van der Waals surface area contributed by atoms with Crippen molar-refractivity contribution in [2.75, 3.05) is 6.61 Å². The van der Waals surface area contributed by atoms with Crippen LogP contribution in [0.25, 0.3) is 0 Å². The lowest BCUT2D eigenvalue weighted by Crippen LogP contribution is -2.25. The van der Waals surface area contributed by atoms with E-state index in [9.17, 15) is 9.59 Å². The van der Waals surface area contributed by atoms with Crippen molar-refractivity contribution in [3.8, 4) is 0 Å². The molecule has 0 spiro atoms. The van der Waals surface area contributed by atoms with Gasteiger partial charge in [-0.25, -0.2) is 0 Å². The zero-order valence-corrected chi connectivity index (χ0v) is 8.83. The summed E-state index contributed by atoms with van der Waals surface area (Å²) in [6.07, 6.45) is -0.240. The van der Waals surface area contributed by atoms with Crippen molar-refractivity contribution in [1.29, 1.82) is 0 Å². The number of rotatable bonds is 5. The fourth-order valence-corrected chi connectivity index (χ4v) is 0.712. The maximum Gasteiger partial charge on any atom is 0.306 e. The zero-order chi connectivity index (χ0) is 11.1. The number of carbonyl (C=O) groups excluding carboxylic acids is 2. The van der Waals surface area contributed by atoms with E-state index in [-0.39, 0.29) is 12.6 Å². The van der Waals surface area contributed by atoms with E-state index in [1.807, 2.05) is 0 Å². The average molecular weight is 200 g/mol. The fourth-order valence-electron chi connectivity index (χ4n) is 0.712. The van der Waals surface area contributed by atoms with Crippen molar-refractivity contribution >= 4 is 11.9 Å². The predicted octanol–water partition coefficient (Wildman–Crippen LogP) is 1.45. The first-order chi connectivity index (χ1) is 6.47. The Morgan fingerprint density at radius 3 is 2.29 bits per heavy atom. The van der Waals surface area contributed by atoms with Gasteiger partial charge in [0.1, 0.15) is 6.61 Å². The van der Waals surface area contributed by atoms with Gasteiger partial charge in [-0.2, -0.15) is 0 Å². The minimum absolute atomic E-state index is 0.0381. The van der Waals surface area contributed by atoms with Crippen LogP contribution in [-0.2, 0) is 19.1 Å². The van der Waals surface area contributed by atoms with Crippen molar-refractivity contribution in [3.05, 3.63) is 12.2 Å². The molecule has 0 radical (unpaired) electrons. The maximum absolute atomic E-state index is 11.0. The molecule has 4 heteroatoms. The third kappa shape index (κ3) is 5.35. The Labute approximate surface area is 83.9 Å². The average Bonchev–Trinajstić information content (AvgIpc) is 2.10. The lowest BCUT2D eigenvalue weighted by atomic mass is 10.2. The van der Waals surface area contributed by atoms with Crippen LogP contribution in [-0.4, -0.2) is 24.6 Å². The third-order valence-electron chi connectivity index (χ3n) is 1.55. The first-order valence-electron chi connectivity index (χ1n) is 4.45. The van der Waals surface area contributed by atoms with E-state index < -0.39 is 12.1 Å². The van der Waals surface area contributed by atoms with Gasteiger partial charge in [0.2, 0.25) is 0 Å². The minimum atomic E-state index is -0.536. The molecule has 4 nitrogen and oxygen atoms in total. The van der Waals surface area contributed by atoms with E-state index in [0.29, 0.717) is 12.0 Å². The molecule has 0 N–H and O–H groups in total. The van der Waals surface area contributed by atoms with Gasteiger partial charge in [0, 0.05) is 13.3 Å². The topological polar surface area (TPSA) is 52.6 Å². The Kier molecular flexibility index (Phi) is 5.60. The number of ether oxygens (including phenoxy) is 2. The molecule has 0 aromatic heterocycles. The van der Waals surface area contributed by atoms with E-state index in [2.05, 4.69) is 6.58 Å². The van der Waals surface area contributed by atoms with Crippen LogP contribution in [0.4, 0.5) is 0 Å². The zero-order valence-electron chi connectivity index (χ0n) is 8.83. The molecule has 0 rings (SSSR count). The molecule has 0 saturated carbocycles. The standard InChI is InChI=1S/C10H16O4/c1-5-10(12)14-9(7(2)3)6-13-8(4)11/h9H,2,5-6H2,1,3-4H3. The van der Waals surface area contributed by atoms with Crippen molar-refractivity contribution < 1.29 is 19.1 Å².